The van der Waals surface area contributed by atoms with E-state index < -0.39 is 6.10 Å². The van der Waals surface area contributed by atoms with Gasteiger partial charge in [-0.3, -0.25) is 0 Å². The average molecular weight is 410 g/mol. The predicted molar refractivity (Wildman–Crippen MR) is 115 cm³/mol. The Labute approximate surface area is 177 Å². The summed E-state index contributed by atoms with van der Waals surface area (Å²) in [6.45, 7) is 3.04. The Hall–Kier alpha value is -2.47. The van der Waals surface area contributed by atoms with Gasteiger partial charge in [0.25, 0.3) is 0 Å². The third-order valence-electron chi connectivity index (χ3n) is 5.65. The van der Waals surface area contributed by atoms with Crippen LogP contribution in [0.25, 0.3) is 0 Å². The molecule has 1 aliphatic rings. The van der Waals surface area contributed by atoms with Gasteiger partial charge >= 0.3 is 0 Å². The van der Waals surface area contributed by atoms with E-state index in [1.54, 1.807) is 12.1 Å². The molecule has 0 amide bonds. The van der Waals surface area contributed by atoms with Crippen LogP contribution in [-0.2, 0) is 24.4 Å². The van der Waals surface area contributed by atoms with Crippen molar-refractivity contribution >= 4 is 0 Å². The van der Waals surface area contributed by atoms with Gasteiger partial charge in [0.05, 0.1) is 24.9 Å². The zero-order valence-electron chi connectivity index (χ0n) is 17.2. The molecule has 0 saturated heterocycles. The zero-order valence-corrected chi connectivity index (χ0v) is 17.2. The van der Waals surface area contributed by atoms with Crippen LogP contribution in [0.2, 0.25) is 0 Å². The molecule has 1 aliphatic carbocycles. The SMILES string of the molecule is O[C@H](COCc1ccccc1)C[NH+](Cc1cccn1Cc1cccc(F)c1)C1CC1. The van der Waals surface area contributed by atoms with Gasteiger partial charge in [-0.1, -0.05) is 42.5 Å². The summed E-state index contributed by atoms with van der Waals surface area (Å²) in [5.74, 6) is -0.204. The maximum Gasteiger partial charge on any atom is 0.126 e. The molecular formula is C25H30FN2O2+. The first-order valence-electron chi connectivity index (χ1n) is 10.7. The van der Waals surface area contributed by atoms with Crippen LogP contribution >= 0.6 is 0 Å². The highest BCUT2D eigenvalue weighted by Crippen LogP contribution is 2.16. The number of rotatable bonds is 11. The third kappa shape index (κ3) is 6.02. The van der Waals surface area contributed by atoms with Crippen LogP contribution in [0.15, 0.2) is 72.9 Å². The Morgan fingerprint density at radius 1 is 1.03 bits per heavy atom. The van der Waals surface area contributed by atoms with Crippen molar-refractivity contribution in [1.82, 2.24) is 4.57 Å². The number of aliphatic hydroxyl groups is 1. The second kappa shape index (κ2) is 10.0. The van der Waals surface area contributed by atoms with E-state index in [0.717, 1.165) is 17.7 Å². The number of aromatic nitrogens is 1. The molecule has 5 heteroatoms. The first-order valence-corrected chi connectivity index (χ1v) is 10.7. The maximum atomic E-state index is 13.5. The molecule has 4 nitrogen and oxygen atoms in total. The van der Waals surface area contributed by atoms with Gasteiger partial charge in [-0.2, -0.15) is 0 Å². The Kier molecular flexibility index (Phi) is 6.95. The lowest BCUT2D eigenvalue weighted by Gasteiger charge is -2.23. The molecule has 3 aromatic rings. The van der Waals surface area contributed by atoms with E-state index in [1.165, 1.54) is 29.5 Å². The van der Waals surface area contributed by atoms with Crippen LogP contribution in [-0.4, -0.2) is 35.0 Å². The molecular weight excluding hydrogens is 379 g/mol. The van der Waals surface area contributed by atoms with E-state index in [4.69, 9.17) is 4.74 Å². The third-order valence-corrected chi connectivity index (χ3v) is 5.65. The molecule has 0 spiro atoms. The smallest absolute Gasteiger partial charge is 0.126 e. The maximum absolute atomic E-state index is 13.5. The molecule has 30 heavy (non-hydrogen) atoms. The second-order valence-electron chi connectivity index (χ2n) is 8.23. The molecule has 0 aliphatic heterocycles. The summed E-state index contributed by atoms with van der Waals surface area (Å²) >= 11 is 0. The second-order valence-corrected chi connectivity index (χ2v) is 8.23. The van der Waals surface area contributed by atoms with Gasteiger partial charge in [0.15, 0.2) is 0 Å². The van der Waals surface area contributed by atoms with Gasteiger partial charge in [-0.25, -0.2) is 4.39 Å². The largest absolute Gasteiger partial charge is 0.385 e. The van der Waals surface area contributed by atoms with E-state index in [0.29, 0.717) is 32.3 Å². The minimum Gasteiger partial charge on any atom is -0.385 e. The lowest BCUT2D eigenvalue weighted by atomic mass is 10.2. The Morgan fingerprint density at radius 2 is 1.83 bits per heavy atom. The van der Waals surface area contributed by atoms with E-state index in [1.807, 2.05) is 48.7 Å². The van der Waals surface area contributed by atoms with Gasteiger partial charge in [-0.05, 0) is 35.4 Å². The topological polar surface area (TPSA) is 38.8 Å². The molecule has 1 heterocycles. The molecule has 2 atom stereocenters. The van der Waals surface area contributed by atoms with Crippen LogP contribution in [0, 0.1) is 5.82 Å². The van der Waals surface area contributed by atoms with Crippen molar-refractivity contribution in [3.05, 3.63) is 95.6 Å². The summed E-state index contributed by atoms with van der Waals surface area (Å²) in [6.07, 6.45) is 3.97. The van der Waals surface area contributed by atoms with Gasteiger partial charge in [0.1, 0.15) is 25.0 Å². The van der Waals surface area contributed by atoms with Crippen LogP contribution in [0.4, 0.5) is 4.39 Å². The fourth-order valence-electron chi connectivity index (χ4n) is 3.95. The first-order chi connectivity index (χ1) is 14.7. The molecule has 1 unspecified atom stereocenters. The van der Waals surface area contributed by atoms with Crippen LogP contribution in [0.5, 0.6) is 0 Å². The number of nitrogens with one attached hydrogen (secondary N) is 1. The number of quaternary nitrogens is 1. The van der Waals surface area contributed by atoms with Crippen molar-refractivity contribution in [2.45, 2.75) is 44.7 Å². The van der Waals surface area contributed by atoms with Gasteiger partial charge in [-0.15, -0.1) is 0 Å². The lowest BCUT2D eigenvalue weighted by molar-refractivity contribution is -0.928. The summed E-state index contributed by atoms with van der Waals surface area (Å²) < 4.78 is 21.4. The van der Waals surface area contributed by atoms with Crippen molar-refractivity contribution in [3.63, 3.8) is 0 Å². The summed E-state index contributed by atoms with van der Waals surface area (Å²) in [5, 5.41) is 10.5. The molecule has 1 aromatic heterocycles. The van der Waals surface area contributed by atoms with Crippen molar-refractivity contribution in [2.75, 3.05) is 13.2 Å². The molecule has 1 saturated carbocycles. The van der Waals surface area contributed by atoms with Crippen molar-refractivity contribution in [3.8, 4) is 0 Å². The van der Waals surface area contributed by atoms with Crippen LogP contribution < -0.4 is 4.90 Å². The molecule has 4 rings (SSSR count). The zero-order chi connectivity index (χ0) is 20.8. The fourth-order valence-corrected chi connectivity index (χ4v) is 3.95. The number of nitrogens with zero attached hydrogens (tertiary/aromatic N) is 1. The Balaban J connectivity index is 1.31. The van der Waals surface area contributed by atoms with Crippen LogP contribution in [0.1, 0.15) is 29.7 Å². The quantitative estimate of drug-likeness (QED) is 0.511. The van der Waals surface area contributed by atoms with E-state index >= 15 is 0 Å². The summed E-state index contributed by atoms with van der Waals surface area (Å²) in [5.41, 5.74) is 3.28. The highest BCUT2D eigenvalue weighted by molar-refractivity contribution is 5.18. The highest BCUT2D eigenvalue weighted by atomic mass is 19.1. The lowest BCUT2D eigenvalue weighted by Crippen LogP contribution is -3.13. The van der Waals surface area contributed by atoms with Crippen molar-refractivity contribution < 1.29 is 19.1 Å². The van der Waals surface area contributed by atoms with Crippen molar-refractivity contribution in [2.24, 2.45) is 0 Å². The molecule has 2 N–H and O–H groups in total. The average Bonchev–Trinajstić information content (AvgIpc) is 3.50. The minimum atomic E-state index is -0.490. The molecule has 0 bridgehead atoms. The molecule has 2 aromatic carbocycles. The number of hydrogen-bond acceptors (Lipinski definition) is 2. The summed E-state index contributed by atoms with van der Waals surface area (Å²) in [7, 11) is 0. The summed E-state index contributed by atoms with van der Waals surface area (Å²) in [4.78, 5) is 1.39. The molecule has 158 valence electrons. The van der Waals surface area contributed by atoms with Crippen LogP contribution in [0.3, 0.4) is 0 Å². The number of hydrogen-bond donors (Lipinski definition) is 2. The van der Waals surface area contributed by atoms with E-state index in [-0.39, 0.29) is 5.82 Å². The van der Waals surface area contributed by atoms with Crippen molar-refractivity contribution in [1.29, 1.82) is 0 Å². The van der Waals surface area contributed by atoms with E-state index in [9.17, 15) is 9.50 Å². The fraction of sp³-hybridized carbons (Fsp3) is 0.360. The number of benzene rings is 2. The molecule has 0 radical (unpaired) electrons. The van der Waals surface area contributed by atoms with Gasteiger partial charge < -0.3 is 19.3 Å². The molecule has 1 fully saturated rings. The van der Waals surface area contributed by atoms with E-state index in [2.05, 4.69) is 10.6 Å². The van der Waals surface area contributed by atoms with Gasteiger partial charge in [0, 0.05) is 25.6 Å². The highest BCUT2D eigenvalue weighted by Gasteiger charge is 2.35. The monoisotopic (exact) mass is 409 g/mol. The Morgan fingerprint density at radius 3 is 2.60 bits per heavy atom. The van der Waals surface area contributed by atoms with Gasteiger partial charge in [0.2, 0.25) is 0 Å². The first kappa shape index (κ1) is 20.8. The normalized spacial score (nSPS) is 15.8. The standard InChI is InChI=1S/C25H29FN2O2/c26-22-9-4-8-21(14-22)15-27-13-5-10-24(27)16-28(23-11-12-23)17-25(29)19-30-18-20-6-2-1-3-7-20/h1-10,13-14,23,25,29H,11-12,15-19H2/p+1/t25-/m0/s1. The number of aliphatic hydroxyl groups excluding tert-OH is 1. The summed E-state index contributed by atoms with van der Waals surface area (Å²) in [6, 6.07) is 21.6. The minimum absolute atomic E-state index is 0.204. The number of halogens is 1. The number of ether oxygens (including phenoxy) is 1. The predicted octanol–water partition coefficient (Wildman–Crippen LogP) is 2.80. The Bertz CT molecular complexity index is 924.